The molecule has 0 aliphatic carbocycles. The zero-order chi connectivity index (χ0) is 6.41. The Hall–Kier alpha value is -0.770. The van der Waals surface area contributed by atoms with E-state index >= 15 is 0 Å². The molecule has 32 valence electrons. The Balaban J connectivity index is 3.14. The Kier molecular flexibility index (Phi) is 1.70. The molecule has 0 atom stereocenters. The van der Waals surface area contributed by atoms with E-state index in [4.69, 9.17) is 2.74 Å². The highest BCUT2D eigenvalue weighted by atomic mass is 16.1. The Labute approximate surface area is 40.2 Å². The van der Waals surface area contributed by atoms with Crippen LogP contribution in [0.5, 0.6) is 0 Å². The van der Waals surface area contributed by atoms with Crippen molar-refractivity contribution in [1.82, 2.24) is 0 Å². The van der Waals surface area contributed by atoms with Gasteiger partial charge in [-0.05, 0) is 0 Å². The Morgan fingerprint density at radius 1 is 2.33 bits per heavy atom. The van der Waals surface area contributed by atoms with Crippen molar-refractivity contribution in [1.29, 1.82) is 0 Å². The fraction of sp³-hybridized carbons (Fsp3) is 0.400. The summed E-state index contributed by atoms with van der Waals surface area (Å²) in [4.78, 5) is 9.86. The van der Waals surface area contributed by atoms with E-state index in [1.54, 1.807) is 0 Å². The van der Waals surface area contributed by atoms with E-state index in [1.807, 2.05) is 6.40 Å². The molecule has 1 heteroatoms. The number of carbonyl (C=O) groups excluding carboxylic acids is 1. The summed E-state index contributed by atoms with van der Waals surface area (Å²) in [6.45, 7) is 0. The van der Waals surface area contributed by atoms with Crippen molar-refractivity contribution in [3.05, 3.63) is 0 Å². The topological polar surface area (TPSA) is 17.1 Å². The summed E-state index contributed by atoms with van der Waals surface area (Å²) in [6, 6.07) is 0. The molecular weight excluding hydrogens is 76.1 g/mol. The highest BCUT2D eigenvalue weighted by Gasteiger charge is 1.70. The van der Waals surface area contributed by atoms with Gasteiger partial charge in [-0.25, -0.2) is 0 Å². The van der Waals surface area contributed by atoms with Gasteiger partial charge in [0, 0.05) is 12.8 Å². The first-order valence-electron chi connectivity index (χ1n) is 2.66. The zero-order valence-electron chi connectivity index (χ0n) is 5.32. The first kappa shape index (κ1) is 2.41. The van der Waals surface area contributed by atoms with Gasteiger partial charge in [0.25, 0.3) is 0 Å². The van der Waals surface area contributed by atoms with Gasteiger partial charge in [0.2, 0.25) is 0 Å². The normalized spacial score (nSPS) is 10.0. The average Bonchev–Trinajstić information content (AvgIpc) is 1.66. The van der Waals surface area contributed by atoms with Crippen molar-refractivity contribution >= 4 is 6.26 Å². The van der Waals surface area contributed by atoms with Gasteiger partial charge in [-0.15, -0.1) is 12.3 Å². The number of carbonyl (C=O) groups is 1. The van der Waals surface area contributed by atoms with Gasteiger partial charge in [-0.2, -0.15) is 0 Å². The van der Waals surface area contributed by atoms with Crippen LogP contribution in [0.15, 0.2) is 0 Å². The molecule has 1 nitrogen and oxygen atoms in total. The molecule has 0 aliphatic heterocycles. The maximum absolute atomic E-state index is 9.86. The lowest BCUT2D eigenvalue weighted by Gasteiger charge is -1.69. The highest BCUT2D eigenvalue weighted by molar-refractivity contribution is 5.49. The second kappa shape index (κ2) is 4.23. The largest absolute Gasteiger partial charge is 0.303 e. The lowest BCUT2D eigenvalue weighted by molar-refractivity contribution is -0.107. The van der Waals surface area contributed by atoms with Crippen LogP contribution in [0, 0.1) is 12.3 Å². The van der Waals surface area contributed by atoms with Gasteiger partial charge < -0.3 is 4.79 Å². The van der Waals surface area contributed by atoms with Crippen molar-refractivity contribution in [2.45, 2.75) is 12.8 Å². The maximum atomic E-state index is 9.86. The van der Waals surface area contributed by atoms with Crippen LogP contribution in [0.1, 0.15) is 15.6 Å². The second-order valence-corrected chi connectivity index (χ2v) is 0.821. The molecule has 0 spiro atoms. The SMILES string of the molecule is [2H]C#CCCC([2H])=O. The number of aldehydes is 1. The average molecular weight is 84.1 g/mol. The van der Waals surface area contributed by atoms with Crippen molar-refractivity contribution in [3.8, 4) is 12.3 Å². The number of hydrogen-bond acceptors (Lipinski definition) is 1. The van der Waals surface area contributed by atoms with Gasteiger partial charge >= 0.3 is 0 Å². The van der Waals surface area contributed by atoms with Crippen molar-refractivity contribution in [2.75, 3.05) is 0 Å². The summed E-state index contributed by atoms with van der Waals surface area (Å²) in [5, 5.41) is 0. The van der Waals surface area contributed by atoms with E-state index in [0.717, 1.165) is 0 Å². The van der Waals surface area contributed by atoms with E-state index in [-0.39, 0.29) is 6.42 Å². The quantitative estimate of drug-likeness (QED) is 0.353. The van der Waals surface area contributed by atoms with E-state index < -0.39 is 6.26 Å². The molecule has 0 aliphatic rings. The minimum absolute atomic E-state index is 0.145. The van der Waals surface area contributed by atoms with Crippen molar-refractivity contribution in [3.63, 3.8) is 0 Å². The summed E-state index contributed by atoms with van der Waals surface area (Å²) >= 11 is 0. The summed E-state index contributed by atoms with van der Waals surface area (Å²) in [7, 11) is 0. The summed E-state index contributed by atoms with van der Waals surface area (Å²) < 4.78 is 12.7. The fourth-order valence-electron chi connectivity index (χ4n) is 0.114. The third-order valence-corrected chi connectivity index (χ3v) is 0.352. The van der Waals surface area contributed by atoms with Crippen LogP contribution in [-0.2, 0) is 4.79 Å². The molecular formula is C5H6O. The first-order chi connectivity index (χ1) is 3.77. The Bertz CT molecular complexity index is 131. The van der Waals surface area contributed by atoms with Gasteiger partial charge in [0.15, 0.2) is 0 Å². The van der Waals surface area contributed by atoms with E-state index in [2.05, 4.69) is 5.92 Å². The molecule has 0 N–H and O–H groups in total. The molecule has 0 aromatic carbocycles. The number of hydrogen-bond donors (Lipinski definition) is 0. The van der Waals surface area contributed by atoms with E-state index in [1.165, 1.54) is 0 Å². The highest BCUT2D eigenvalue weighted by Crippen LogP contribution is 1.75. The van der Waals surface area contributed by atoms with Crippen LogP contribution in [0.2, 0.25) is 0 Å². The number of rotatable bonds is 2. The minimum atomic E-state index is -0.618. The third-order valence-electron chi connectivity index (χ3n) is 0.352. The van der Waals surface area contributed by atoms with Gasteiger partial charge in [-0.3, -0.25) is 0 Å². The van der Waals surface area contributed by atoms with Crippen LogP contribution in [0.25, 0.3) is 0 Å². The lowest BCUT2D eigenvalue weighted by Crippen LogP contribution is -1.67. The van der Waals surface area contributed by atoms with Gasteiger partial charge in [0.1, 0.15) is 9.00 Å². The van der Waals surface area contributed by atoms with Crippen LogP contribution in [-0.4, -0.2) is 6.26 Å². The molecule has 0 aromatic heterocycles. The van der Waals surface area contributed by atoms with Crippen molar-refractivity contribution in [2.24, 2.45) is 0 Å². The minimum Gasteiger partial charge on any atom is -0.303 e. The molecule has 0 radical (unpaired) electrons. The van der Waals surface area contributed by atoms with Crippen LogP contribution < -0.4 is 0 Å². The molecule has 0 amide bonds. The van der Waals surface area contributed by atoms with Gasteiger partial charge in [0.05, 0.1) is 0 Å². The number of terminal acetylenes is 1. The molecule has 0 heterocycles. The predicted octanol–water partition coefficient (Wildman–Crippen LogP) is 0.599. The van der Waals surface area contributed by atoms with Crippen LogP contribution >= 0.6 is 0 Å². The summed E-state index contributed by atoms with van der Waals surface area (Å²) in [5.74, 6) is 2.36. The first-order valence-corrected chi connectivity index (χ1v) is 1.66. The molecule has 0 rings (SSSR count). The molecule has 0 aromatic rings. The Morgan fingerprint density at radius 2 is 3.17 bits per heavy atom. The second-order valence-electron chi connectivity index (χ2n) is 0.821. The monoisotopic (exact) mass is 84.1 g/mol. The maximum Gasteiger partial charge on any atom is 0.124 e. The smallest absolute Gasteiger partial charge is 0.124 e. The molecule has 0 saturated carbocycles. The van der Waals surface area contributed by atoms with E-state index in [9.17, 15) is 4.79 Å². The van der Waals surface area contributed by atoms with Crippen LogP contribution in [0.4, 0.5) is 0 Å². The molecule has 6 heavy (non-hydrogen) atoms. The summed E-state index contributed by atoms with van der Waals surface area (Å²) in [5.41, 5.74) is 0. The Morgan fingerprint density at radius 3 is 3.67 bits per heavy atom. The molecule has 0 fully saturated rings. The third kappa shape index (κ3) is 3.23. The molecule has 0 saturated heterocycles. The van der Waals surface area contributed by atoms with Crippen LogP contribution in [0.3, 0.4) is 0 Å². The summed E-state index contributed by atoms with van der Waals surface area (Å²) in [6.07, 6.45) is 1.75. The zero-order valence-corrected chi connectivity index (χ0v) is 3.32. The molecule has 0 unspecified atom stereocenters. The fourth-order valence-corrected chi connectivity index (χ4v) is 0.114. The van der Waals surface area contributed by atoms with E-state index in [0.29, 0.717) is 6.42 Å². The lowest BCUT2D eigenvalue weighted by atomic mass is 10.4. The predicted molar refractivity (Wildman–Crippen MR) is 24.1 cm³/mol. The van der Waals surface area contributed by atoms with Crippen molar-refractivity contribution < 1.29 is 7.54 Å². The van der Waals surface area contributed by atoms with Gasteiger partial charge in [-0.1, -0.05) is 0 Å². The molecule has 0 bridgehead atoms. The standard InChI is InChI=1S/C5H6O/c1-2-3-4-5-6/h1,5H,3-4H2/i1D,5D.